The van der Waals surface area contributed by atoms with Crippen LogP contribution in [0, 0.1) is 6.92 Å². The second-order valence-electron chi connectivity index (χ2n) is 8.23. The molecular formula is C31H22. The van der Waals surface area contributed by atoms with Gasteiger partial charge in [-0.05, 0) is 72.3 Å². The normalized spacial score (nSPS) is 12.4. The Kier molecular flexibility index (Phi) is 3.94. The lowest BCUT2D eigenvalue weighted by Crippen LogP contribution is -1.94. The lowest BCUT2D eigenvalue weighted by atomic mass is 9.85. The van der Waals surface area contributed by atoms with Crippen LogP contribution in [0.3, 0.4) is 0 Å². The summed E-state index contributed by atoms with van der Waals surface area (Å²) in [6.07, 6.45) is 4.04. The molecule has 0 radical (unpaired) electrons. The Hall–Kier alpha value is -3.90. The van der Waals surface area contributed by atoms with E-state index in [1.165, 1.54) is 65.4 Å². The highest BCUT2D eigenvalue weighted by molar-refractivity contribution is 6.33. The second-order valence-corrected chi connectivity index (χ2v) is 8.23. The number of benzene rings is 6. The minimum Gasteiger partial charge on any atom is -0.0990 e. The number of rotatable bonds is 3. The molecule has 31 heavy (non-hydrogen) atoms. The molecule has 0 aliphatic carbocycles. The second kappa shape index (κ2) is 6.82. The molecule has 0 nitrogen and oxygen atoms in total. The van der Waals surface area contributed by atoms with Crippen molar-refractivity contribution in [1.29, 1.82) is 0 Å². The first-order valence-corrected chi connectivity index (χ1v) is 10.8. The van der Waals surface area contributed by atoms with Gasteiger partial charge >= 0.3 is 0 Å². The van der Waals surface area contributed by atoms with Gasteiger partial charge in [0.2, 0.25) is 0 Å². The average molecular weight is 395 g/mol. The van der Waals surface area contributed by atoms with E-state index >= 15 is 0 Å². The van der Waals surface area contributed by atoms with Crippen molar-refractivity contribution in [2.24, 2.45) is 0 Å². The molecule has 0 saturated heterocycles. The van der Waals surface area contributed by atoms with Gasteiger partial charge in [0, 0.05) is 0 Å². The van der Waals surface area contributed by atoms with E-state index in [0.717, 1.165) is 0 Å². The Bertz CT molecular complexity index is 1600. The van der Waals surface area contributed by atoms with Crippen molar-refractivity contribution in [3.63, 3.8) is 0 Å². The third kappa shape index (κ3) is 2.55. The maximum atomic E-state index is 4.00. The van der Waals surface area contributed by atoms with E-state index in [1.54, 1.807) is 0 Å². The summed E-state index contributed by atoms with van der Waals surface area (Å²) >= 11 is 0. The third-order valence-electron chi connectivity index (χ3n) is 6.54. The minimum atomic E-state index is 1.22. The number of fused-ring (bicyclic) bond motifs is 2. The predicted octanol–water partition coefficient (Wildman–Crippen LogP) is 8.66. The molecule has 0 saturated carbocycles. The van der Waals surface area contributed by atoms with E-state index in [0.29, 0.717) is 0 Å². The highest BCUT2D eigenvalue weighted by Crippen LogP contribution is 2.42. The zero-order chi connectivity index (χ0) is 20.9. The molecule has 0 heteroatoms. The topological polar surface area (TPSA) is 0 Å². The van der Waals surface area contributed by atoms with E-state index in [-0.39, 0.29) is 0 Å². The molecule has 6 rings (SSSR count). The SMILES string of the molecule is C=C/C=C(\c1ccccc1C)c1ccc2c3cccc4cccc(c5cccc1c52)c43. The molecule has 0 aliphatic heterocycles. The number of hydrogen-bond acceptors (Lipinski definition) is 0. The van der Waals surface area contributed by atoms with E-state index in [2.05, 4.69) is 111 Å². The third-order valence-corrected chi connectivity index (χ3v) is 6.54. The molecule has 0 atom stereocenters. The van der Waals surface area contributed by atoms with Crippen LogP contribution in [0.15, 0.2) is 110 Å². The Balaban J connectivity index is 1.80. The number of aryl methyl sites for hydroxylation is 1. The van der Waals surface area contributed by atoms with Crippen LogP contribution in [0.4, 0.5) is 0 Å². The number of allylic oxidation sites excluding steroid dienone is 2. The molecule has 146 valence electrons. The highest BCUT2D eigenvalue weighted by Gasteiger charge is 2.16. The standard InChI is InChI=1S/C31H22/c1-3-9-23(22-13-5-4-10-20(22)2)24-18-19-29-27-15-7-12-21-11-6-14-26(30(21)27)28-17-8-16-25(24)31(28)29/h3-19H,1H2,2H3/b23-9+. The average Bonchev–Trinajstić information content (AvgIpc) is 2.81. The Labute approximate surface area is 182 Å². The molecule has 0 bridgehead atoms. The van der Waals surface area contributed by atoms with Gasteiger partial charge in [0.1, 0.15) is 0 Å². The van der Waals surface area contributed by atoms with Gasteiger partial charge in [-0.25, -0.2) is 0 Å². The summed E-state index contributed by atoms with van der Waals surface area (Å²) in [7, 11) is 0. The van der Waals surface area contributed by atoms with E-state index in [4.69, 9.17) is 0 Å². The monoisotopic (exact) mass is 394 g/mol. The fourth-order valence-corrected chi connectivity index (χ4v) is 5.20. The van der Waals surface area contributed by atoms with Gasteiger partial charge in [-0.3, -0.25) is 0 Å². The van der Waals surface area contributed by atoms with Crippen molar-refractivity contribution in [2.45, 2.75) is 6.92 Å². The van der Waals surface area contributed by atoms with Gasteiger partial charge in [0.05, 0.1) is 0 Å². The number of hydrogen-bond donors (Lipinski definition) is 0. The zero-order valence-electron chi connectivity index (χ0n) is 17.5. The maximum absolute atomic E-state index is 4.00. The van der Waals surface area contributed by atoms with Gasteiger partial charge in [0.25, 0.3) is 0 Å². The molecular weight excluding hydrogens is 372 g/mol. The molecule has 0 heterocycles. The van der Waals surface area contributed by atoms with Gasteiger partial charge in [-0.15, -0.1) is 0 Å². The minimum absolute atomic E-state index is 1.22. The zero-order valence-corrected chi connectivity index (χ0v) is 17.5. The maximum Gasteiger partial charge on any atom is -0.00201 e. The summed E-state index contributed by atoms with van der Waals surface area (Å²) in [4.78, 5) is 0. The summed E-state index contributed by atoms with van der Waals surface area (Å²) in [5.74, 6) is 0. The van der Waals surface area contributed by atoms with Crippen LogP contribution in [0.5, 0.6) is 0 Å². The van der Waals surface area contributed by atoms with Gasteiger partial charge in [-0.2, -0.15) is 0 Å². The van der Waals surface area contributed by atoms with Crippen LogP contribution >= 0.6 is 0 Å². The predicted molar refractivity (Wildman–Crippen MR) is 136 cm³/mol. The van der Waals surface area contributed by atoms with E-state index in [1.807, 2.05) is 6.08 Å². The van der Waals surface area contributed by atoms with Crippen LogP contribution in [0.2, 0.25) is 0 Å². The van der Waals surface area contributed by atoms with Crippen LogP contribution in [0.25, 0.3) is 48.7 Å². The summed E-state index contributed by atoms with van der Waals surface area (Å²) in [5, 5.41) is 10.6. The van der Waals surface area contributed by atoms with Crippen molar-refractivity contribution < 1.29 is 0 Å². The van der Waals surface area contributed by atoms with Crippen LogP contribution in [-0.2, 0) is 0 Å². The summed E-state index contributed by atoms with van der Waals surface area (Å²) in [6, 6.07) is 33.2. The lowest BCUT2D eigenvalue weighted by molar-refractivity contribution is 1.42. The van der Waals surface area contributed by atoms with Crippen LogP contribution in [-0.4, -0.2) is 0 Å². The first-order valence-electron chi connectivity index (χ1n) is 10.8. The Morgan fingerprint density at radius 2 is 1.19 bits per heavy atom. The van der Waals surface area contributed by atoms with Crippen molar-refractivity contribution in [3.8, 4) is 0 Å². The van der Waals surface area contributed by atoms with Crippen molar-refractivity contribution in [3.05, 3.63) is 126 Å². The molecule has 0 amide bonds. The smallest absolute Gasteiger partial charge is 0.00201 e. The molecule has 0 aromatic heterocycles. The molecule has 0 spiro atoms. The van der Waals surface area contributed by atoms with Gasteiger partial charge < -0.3 is 0 Å². The molecule has 0 unspecified atom stereocenters. The van der Waals surface area contributed by atoms with Gasteiger partial charge in [0.15, 0.2) is 0 Å². The fraction of sp³-hybridized carbons (Fsp3) is 0.0323. The molecule has 0 aliphatic rings. The largest absolute Gasteiger partial charge is 0.0990 e. The Morgan fingerprint density at radius 1 is 0.581 bits per heavy atom. The summed E-state index contributed by atoms with van der Waals surface area (Å²) < 4.78 is 0. The van der Waals surface area contributed by atoms with Crippen molar-refractivity contribution in [2.75, 3.05) is 0 Å². The van der Waals surface area contributed by atoms with Crippen LogP contribution < -0.4 is 0 Å². The summed E-state index contributed by atoms with van der Waals surface area (Å²) in [6.45, 7) is 6.18. The highest BCUT2D eigenvalue weighted by atomic mass is 14.2. The van der Waals surface area contributed by atoms with Crippen molar-refractivity contribution in [1.82, 2.24) is 0 Å². The van der Waals surface area contributed by atoms with Gasteiger partial charge in [-0.1, -0.05) is 110 Å². The Morgan fingerprint density at radius 3 is 1.90 bits per heavy atom. The summed E-state index contributed by atoms with van der Waals surface area (Å²) in [5.41, 5.74) is 4.99. The lowest BCUT2D eigenvalue weighted by Gasteiger charge is -2.18. The molecule has 6 aromatic rings. The quantitative estimate of drug-likeness (QED) is 0.160. The molecule has 6 aromatic carbocycles. The van der Waals surface area contributed by atoms with E-state index in [9.17, 15) is 0 Å². The fourth-order valence-electron chi connectivity index (χ4n) is 5.20. The van der Waals surface area contributed by atoms with Crippen LogP contribution in [0.1, 0.15) is 16.7 Å². The molecule has 0 fully saturated rings. The first-order chi connectivity index (χ1) is 15.3. The van der Waals surface area contributed by atoms with E-state index < -0.39 is 0 Å². The molecule has 0 N–H and O–H groups in total. The van der Waals surface area contributed by atoms with Crippen molar-refractivity contribution >= 4 is 48.7 Å². The first kappa shape index (κ1) is 17.9.